The molecule has 0 aromatic rings. The van der Waals surface area contributed by atoms with Gasteiger partial charge in [0.15, 0.2) is 0 Å². The predicted octanol–water partition coefficient (Wildman–Crippen LogP) is 6.46. The Morgan fingerprint density at radius 2 is 1.76 bits per heavy atom. The molecule has 0 unspecified atom stereocenters. The van der Waals surface area contributed by atoms with Gasteiger partial charge in [-0.1, -0.05) is 53.9 Å². The van der Waals surface area contributed by atoms with Crippen molar-refractivity contribution in [3.05, 3.63) is 0 Å². The van der Waals surface area contributed by atoms with Crippen LogP contribution in [0.5, 0.6) is 0 Å². The maximum absolute atomic E-state index is 10.4. The van der Waals surface area contributed by atoms with E-state index in [1.165, 1.54) is 57.8 Å². The van der Waals surface area contributed by atoms with Gasteiger partial charge in [-0.05, 0) is 91.8 Å². The molecular weight excluding hydrogens is 356 g/mol. The molecule has 1 aliphatic heterocycles. The lowest BCUT2D eigenvalue weighted by Gasteiger charge is -2.60. The fourth-order valence-electron chi connectivity index (χ4n) is 9.65. The number of hydrogen-bond acceptors (Lipinski definition) is 2. The third kappa shape index (κ3) is 3.09. The van der Waals surface area contributed by atoms with Crippen LogP contribution >= 0.6 is 0 Å². The average molecular weight is 403 g/mol. The van der Waals surface area contributed by atoms with E-state index < -0.39 is 0 Å². The molecule has 5 rings (SSSR count). The lowest BCUT2D eigenvalue weighted by molar-refractivity contribution is -0.122. The Bertz CT molecular complexity index is 616. The van der Waals surface area contributed by atoms with Crippen molar-refractivity contribution in [3.8, 4) is 0 Å². The van der Waals surface area contributed by atoms with Gasteiger partial charge in [-0.25, -0.2) is 0 Å². The number of ether oxygens (including phenoxy) is 1. The van der Waals surface area contributed by atoms with Crippen LogP contribution in [0.3, 0.4) is 0 Å². The number of epoxide rings is 1. The van der Waals surface area contributed by atoms with Crippen molar-refractivity contribution in [2.24, 2.45) is 52.3 Å². The van der Waals surface area contributed by atoms with E-state index >= 15 is 0 Å². The molecule has 2 heteroatoms. The van der Waals surface area contributed by atoms with E-state index in [4.69, 9.17) is 4.74 Å². The van der Waals surface area contributed by atoms with Crippen LogP contribution in [0.1, 0.15) is 98.8 Å². The molecule has 5 fully saturated rings. The molecule has 11 atom stereocenters. The second-order valence-corrected chi connectivity index (χ2v) is 12.9. The van der Waals surface area contributed by atoms with E-state index in [0.717, 1.165) is 41.9 Å². The van der Waals surface area contributed by atoms with E-state index in [0.29, 0.717) is 22.9 Å². The van der Waals surface area contributed by atoms with Gasteiger partial charge in [-0.3, -0.25) is 0 Å². The molecule has 0 spiro atoms. The molecule has 1 heterocycles. The Hall–Kier alpha value is -0.0800. The van der Waals surface area contributed by atoms with Crippen molar-refractivity contribution < 1.29 is 9.84 Å². The zero-order valence-corrected chi connectivity index (χ0v) is 19.7. The van der Waals surface area contributed by atoms with Gasteiger partial charge in [0.2, 0.25) is 0 Å². The summed E-state index contributed by atoms with van der Waals surface area (Å²) in [6.07, 6.45) is 14.2. The topological polar surface area (TPSA) is 32.8 Å². The van der Waals surface area contributed by atoms with Crippen molar-refractivity contribution in [1.29, 1.82) is 0 Å². The molecule has 166 valence electrons. The first-order chi connectivity index (χ1) is 13.8. The van der Waals surface area contributed by atoms with Gasteiger partial charge < -0.3 is 9.84 Å². The Morgan fingerprint density at radius 1 is 0.966 bits per heavy atom. The van der Waals surface area contributed by atoms with Crippen molar-refractivity contribution in [3.63, 3.8) is 0 Å². The highest BCUT2D eigenvalue weighted by molar-refractivity contribution is 5.17. The largest absolute Gasteiger partial charge is 0.390 e. The highest BCUT2D eigenvalue weighted by atomic mass is 16.6. The van der Waals surface area contributed by atoms with E-state index in [9.17, 15) is 5.11 Å². The highest BCUT2D eigenvalue weighted by Crippen LogP contribution is 2.70. The Morgan fingerprint density at radius 3 is 2.52 bits per heavy atom. The van der Waals surface area contributed by atoms with Crippen LogP contribution in [-0.2, 0) is 4.74 Å². The molecule has 5 aliphatic rings. The number of aliphatic hydroxyl groups excluding tert-OH is 1. The third-order valence-corrected chi connectivity index (χ3v) is 11.2. The van der Waals surface area contributed by atoms with Crippen molar-refractivity contribution >= 4 is 0 Å². The van der Waals surface area contributed by atoms with Gasteiger partial charge in [0.05, 0.1) is 12.2 Å². The monoisotopic (exact) mass is 402 g/mol. The van der Waals surface area contributed by atoms with Gasteiger partial charge in [0.1, 0.15) is 6.10 Å². The lowest BCUT2D eigenvalue weighted by atomic mass is 9.44. The Labute approximate surface area is 179 Å². The van der Waals surface area contributed by atoms with Gasteiger partial charge >= 0.3 is 0 Å². The summed E-state index contributed by atoms with van der Waals surface area (Å²) in [5.74, 6) is 6.10. The van der Waals surface area contributed by atoms with E-state index in [2.05, 4.69) is 34.6 Å². The summed E-state index contributed by atoms with van der Waals surface area (Å²) in [7, 11) is 0. The van der Waals surface area contributed by atoms with Crippen molar-refractivity contribution in [2.45, 2.75) is 117 Å². The molecule has 0 amide bonds. The number of fused-ring (bicyclic) bond motifs is 7. The first-order valence-electron chi connectivity index (χ1n) is 13.1. The third-order valence-electron chi connectivity index (χ3n) is 11.2. The summed E-state index contributed by atoms with van der Waals surface area (Å²) >= 11 is 0. The van der Waals surface area contributed by atoms with Crippen LogP contribution in [0, 0.1) is 52.3 Å². The van der Waals surface area contributed by atoms with Crippen LogP contribution in [0.4, 0.5) is 0 Å². The first kappa shape index (κ1) is 20.8. The van der Waals surface area contributed by atoms with Crippen LogP contribution in [0.2, 0.25) is 0 Å². The first-order valence-corrected chi connectivity index (χ1v) is 13.1. The maximum atomic E-state index is 10.4. The van der Waals surface area contributed by atoms with Crippen LogP contribution < -0.4 is 0 Å². The number of hydrogen-bond donors (Lipinski definition) is 1. The molecule has 29 heavy (non-hydrogen) atoms. The predicted molar refractivity (Wildman–Crippen MR) is 119 cm³/mol. The summed E-state index contributed by atoms with van der Waals surface area (Å²) < 4.78 is 6.12. The Balaban J connectivity index is 1.31. The Kier molecular flexibility index (Phi) is 5.18. The fourth-order valence-corrected chi connectivity index (χ4v) is 9.65. The minimum absolute atomic E-state index is 0.167. The lowest BCUT2D eigenvalue weighted by Crippen LogP contribution is -2.57. The van der Waals surface area contributed by atoms with E-state index in [-0.39, 0.29) is 12.2 Å². The summed E-state index contributed by atoms with van der Waals surface area (Å²) in [6, 6.07) is 0. The molecular formula is C27H46O2. The van der Waals surface area contributed by atoms with Gasteiger partial charge in [0, 0.05) is 5.41 Å². The smallest absolute Gasteiger partial charge is 0.111 e. The summed E-state index contributed by atoms with van der Waals surface area (Å²) in [5.41, 5.74) is 0.925. The number of aliphatic hydroxyl groups is 1. The minimum Gasteiger partial charge on any atom is -0.390 e. The maximum Gasteiger partial charge on any atom is 0.111 e. The molecule has 1 N–H and O–H groups in total. The molecule has 0 aromatic heterocycles. The van der Waals surface area contributed by atoms with Crippen LogP contribution in [-0.4, -0.2) is 23.4 Å². The number of rotatable bonds is 5. The molecule has 4 saturated carbocycles. The zero-order chi connectivity index (χ0) is 20.6. The minimum atomic E-state index is -0.189. The summed E-state index contributed by atoms with van der Waals surface area (Å²) in [5, 5.41) is 10.4. The van der Waals surface area contributed by atoms with Gasteiger partial charge in [0.25, 0.3) is 0 Å². The summed E-state index contributed by atoms with van der Waals surface area (Å²) in [4.78, 5) is 0. The fraction of sp³-hybridized carbons (Fsp3) is 1.00. The van der Waals surface area contributed by atoms with Crippen LogP contribution in [0.15, 0.2) is 0 Å². The molecule has 1 saturated heterocycles. The second-order valence-electron chi connectivity index (χ2n) is 12.9. The molecule has 0 aromatic carbocycles. The SMILES string of the molecule is CC(C)CCC[C@@H](C)[C@H]1CC[C@H]2[C@@H]3CC[C@H]4C[C@@H](O)[C@H]5O[C@@H]5[C@]4(C)[C@H]3CC[C@]12C. The quantitative estimate of drug-likeness (QED) is 0.536. The van der Waals surface area contributed by atoms with E-state index in [1.54, 1.807) is 0 Å². The molecule has 4 aliphatic carbocycles. The standard InChI is InChI=1S/C27H46O2/c1-16(2)7-6-8-17(3)20-11-12-21-19-10-9-18-15-23(28)24-25(29-24)27(18,5)22(19)13-14-26(20,21)4/h16-25,28H,6-15H2,1-5H3/t17-,18+,19+,20-,21+,22+,23-,24-,25+,26-,27+/m1/s1. The summed E-state index contributed by atoms with van der Waals surface area (Å²) in [6.45, 7) is 12.6. The van der Waals surface area contributed by atoms with Crippen molar-refractivity contribution in [1.82, 2.24) is 0 Å². The zero-order valence-electron chi connectivity index (χ0n) is 19.7. The molecule has 2 nitrogen and oxygen atoms in total. The van der Waals surface area contributed by atoms with Crippen molar-refractivity contribution in [2.75, 3.05) is 0 Å². The molecule has 0 radical (unpaired) electrons. The van der Waals surface area contributed by atoms with E-state index in [1.807, 2.05) is 0 Å². The highest BCUT2D eigenvalue weighted by Gasteiger charge is 2.69. The average Bonchev–Trinajstić information content (AvgIpc) is 3.40. The molecule has 0 bridgehead atoms. The van der Waals surface area contributed by atoms with Crippen LogP contribution in [0.25, 0.3) is 0 Å². The van der Waals surface area contributed by atoms with Gasteiger partial charge in [-0.15, -0.1) is 0 Å². The van der Waals surface area contributed by atoms with Gasteiger partial charge in [-0.2, -0.15) is 0 Å². The normalized spacial score (nSPS) is 54.3. The second kappa shape index (κ2) is 7.22.